The monoisotopic (exact) mass is 258 g/mol. The summed E-state index contributed by atoms with van der Waals surface area (Å²) in [6.07, 6.45) is 2.59. The van der Waals surface area contributed by atoms with E-state index in [1.54, 1.807) is 0 Å². The van der Waals surface area contributed by atoms with E-state index in [1.165, 1.54) is 12.8 Å². The Balaban J connectivity index is 1.92. The van der Waals surface area contributed by atoms with Gasteiger partial charge in [0.15, 0.2) is 0 Å². The van der Waals surface area contributed by atoms with E-state index in [4.69, 9.17) is 23.2 Å². The van der Waals surface area contributed by atoms with Crippen molar-refractivity contribution in [3.05, 3.63) is 28.2 Å². The molecule has 0 aliphatic heterocycles. The molecule has 1 fully saturated rings. The molecule has 0 heterocycles. The molecule has 0 amide bonds. The summed E-state index contributed by atoms with van der Waals surface area (Å²) < 4.78 is 0. The van der Waals surface area contributed by atoms with E-state index in [2.05, 4.69) is 10.6 Å². The molecule has 2 rings (SSSR count). The van der Waals surface area contributed by atoms with Gasteiger partial charge >= 0.3 is 0 Å². The van der Waals surface area contributed by atoms with Gasteiger partial charge in [0, 0.05) is 24.2 Å². The van der Waals surface area contributed by atoms with Crippen LogP contribution in [0.15, 0.2) is 18.2 Å². The summed E-state index contributed by atoms with van der Waals surface area (Å²) in [5.41, 5.74) is 1.48. The Labute approximate surface area is 106 Å². The van der Waals surface area contributed by atoms with Gasteiger partial charge < -0.3 is 10.6 Å². The highest BCUT2D eigenvalue weighted by atomic mass is 35.5. The van der Waals surface area contributed by atoms with Crippen LogP contribution in [0.25, 0.3) is 0 Å². The minimum Gasteiger partial charge on any atom is -0.384 e. The fraction of sp³-hybridized carbons (Fsp3) is 0.500. The first-order valence-corrected chi connectivity index (χ1v) is 6.24. The third-order valence-corrected chi connectivity index (χ3v) is 3.84. The average Bonchev–Trinajstić information content (AvgIpc) is 3.01. The first kappa shape index (κ1) is 12.0. The molecule has 2 nitrogen and oxygen atoms in total. The van der Waals surface area contributed by atoms with Crippen LogP contribution in [0.2, 0.25) is 10.0 Å². The predicted molar refractivity (Wildman–Crippen MR) is 70.5 cm³/mol. The van der Waals surface area contributed by atoms with Gasteiger partial charge in [-0.25, -0.2) is 0 Å². The second-order valence-electron chi connectivity index (χ2n) is 4.51. The Hall–Kier alpha value is -0.440. The van der Waals surface area contributed by atoms with E-state index in [1.807, 2.05) is 25.2 Å². The van der Waals surface area contributed by atoms with Crippen LogP contribution in [0.3, 0.4) is 0 Å². The van der Waals surface area contributed by atoms with Crippen molar-refractivity contribution in [1.82, 2.24) is 5.32 Å². The van der Waals surface area contributed by atoms with E-state index >= 15 is 0 Å². The first-order valence-electron chi connectivity index (χ1n) is 5.49. The molecule has 2 N–H and O–H groups in total. The smallest absolute Gasteiger partial charge is 0.0612 e. The standard InChI is InChI=1S/C12H16Cl2N2/c1-15-7-12(4-5-12)8-16-9-2-3-10(13)11(14)6-9/h2-3,6,15-16H,4-5,7-8H2,1H3. The molecule has 0 aromatic heterocycles. The summed E-state index contributed by atoms with van der Waals surface area (Å²) in [7, 11) is 2.00. The molecule has 0 radical (unpaired) electrons. The number of halogens is 2. The van der Waals surface area contributed by atoms with Crippen LogP contribution >= 0.6 is 23.2 Å². The summed E-state index contributed by atoms with van der Waals surface area (Å²) >= 11 is 11.8. The number of rotatable bonds is 5. The molecule has 16 heavy (non-hydrogen) atoms. The second-order valence-corrected chi connectivity index (χ2v) is 5.33. The predicted octanol–water partition coefficient (Wildman–Crippen LogP) is 3.40. The topological polar surface area (TPSA) is 24.1 Å². The molecule has 4 heteroatoms. The lowest BCUT2D eigenvalue weighted by atomic mass is 10.1. The van der Waals surface area contributed by atoms with E-state index in [9.17, 15) is 0 Å². The molecule has 0 saturated heterocycles. The zero-order valence-electron chi connectivity index (χ0n) is 9.32. The molecule has 0 bridgehead atoms. The van der Waals surface area contributed by atoms with Gasteiger partial charge in [-0.3, -0.25) is 0 Å². The maximum atomic E-state index is 5.96. The van der Waals surface area contributed by atoms with Crippen molar-refractivity contribution in [3.8, 4) is 0 Å². The average molecular weight is 259 g/mol. The third-order valence-electron chi connectivity index (χ3n) is 3.10. The van der Waals surface area contributed by atoms with Crippen molar-refractivity contribution in [3.63, 3.8) is 0 Å². The fourth-order valence-corrected chi connectivity index (χ4v) is 2.16. The molecule has 1 saturated carbocycles. The highest BCUT2D eigenvalue weighted by molar-refractivity contribution is 6.42. The lowest BCUT2D eigenvalue weighted by Crippen LogP contribution is -2.26. The van der Waals surface area contributed by atoms with Gasteiger partial charge in [0.1, 0.15) is 0 Å². The van der Waals surface area contributed by atoms with Crippen molar-refractivity contribution < 1.29 is 0 Å². The van der Waals surface area contributed by atoms with Crippen molar-refractivity contribution in [2.24, 2.45) is 5.41 Å². The summed E-state index contributed by atoms with van der Waals surface area (Å²) in [5, 5.41) is 7.86. The maximum Gasteiger partial charge on any atom is 0.0612 e. The normalized spacial score (nSPS) is 17.2. The molecular formula is C12H16Cl2N2. The molecule has 1 aromatic rings. The van der Waals surface area contributed by atoms with Crippen LogP contribution in [0.1, 0.15) is 12.8 Å². The van der Waals surface area contributed by atoms with Gasteiger partial charge in [0.05, 0.1) is 10.0 Å². The summed E-state index contributed by atoms with van der Waals surface area (Å²) in [6.45, 7) is 2.06. The van der Waals surface area contributed by atoms with E-state index < -0.39 is 0 Å². The van der Waals surface area contributed by atoms with Crippen LogP contribution < -0.4 is 10.6 Å². The van der Waals surface area contributed by atoms with Gasteiger partial charge in [0.2, 0.25) is 0 Å². The van der Waals surface area contributed by atoms with Gasteiger partial charge in [-0.2, -0.15) is 0 Å². The van der Waals surface area contributed by atoms with Crippen LogP contribution in [-0.2, 0) is 0 Å². The molecule has 0 unspecified atom stereocenters. The fourth-order valence-electron chi connectivity index (χ4n) is 1.86. The zero-order valence-corrected chi connectivity index (χ0v) is 10.8. The molecule has 1 aliphatic carbocycles. The Morgan fingerprint density at radius 2 is 1.94 bits per heavy atom. The van der Waals surface area contributed by atoms with Crippen molar-refractivity contribution in [2.75, 3.05) is 25.5 Å². The van der Waals surface area contributed by atoms with Crippen LogP contribution in [-0.4, -0.2) is 20.1 Å². The number of nitrogens with one attached hydrogen (secondary N) is 2. The molecular weight excluding hydrogens is 243 g/mol. The lowest BCUT2D eigenvalue weighted by molar-refractivity contribution is 0.507. The molecule has 0 atom stereocenters. The quantitative estimate of drug-likeness (QED) is 0.846. The van der Waals surface area contributed by atoms with Crippen LogP contribution in [0.5, 0.6) is 0 Å². The number of hydrogen-bond donors (Lipinski definition) is 2. The lowest BCUT2D eigenvalue weighted by Gasteiger charge is -2.16. The number of benzene rings is 1. The van der Waals surface area contributed by atoms with Crippen LogP contribution in [0, 0.1) is 5.41 Å². The Kier molecular flexibility index (Phi) is 3.63. The van der Waals surface area contributed by atoms with Gasteiger partial charge in [0.25, 0.3) is 0 Å². The largest absolute Gasteiger partial charge is 0.384 e. The third kappa shape index (κ3) is 2.82. The van der Waals surface area contributed by atoms with Crippen LogP contribution in [0.4, 0.5) is 5.69 Å². The van der Waals surface area contributed by atoms with E-state index in [-0.39, 0.29) is 0 Å². The SMILES string of the molecule is CNCC1(CNc2ccc(Cl)c(Cl)c2)CC1. The summed E-state index contributed by atoms with van der Waals surface area (Å²) in [4.78, 5) is 0. The zero-order chi connectivity index (χ0) is 11.6. The Morgan fingerprint density at radius 1 is 1.19 bits per heavy atom. The maximum absolute atomic E-state index is 5.96. The molecule has 1 aromatic carbocycles. The summed E-state index contributed by atoms with van der Waals surface area (Å²) in [5.74, 6) is 0. The minimum atomic E-state index is 0.445. The second kappa shape index (κ2) is 4.82. The molecule has 88 valence electrons. The highest BCUT2D eigenvalue weighted by Crippen LogP contribution is 2.45. The number of hydrogen-bond acceptors (Lipinski definition) is 2. The van der Waals surface area contributed by atoms with Crippen molar-refractivity contribution >= 4 is 28.9 Å². The Morgan fingerprint density at radius 3 is 2.50 bits per heavy atom. The molecule has 1 aliphatic rings. The molecule has 0 spiro atoms. The van der Waals surface area contributed by atoms with Gasteiger partial charge in [-0.15, -0.1) is 0 Å². The Bertz CT molecular complexity index is 375. The van der Waals surface area contributed by atoms with Crippen molar-refractivity contribution in [2.45, 2.75) is 12.8 Å². The van der Waals surface area contributed by atoms with Crippen molar-refractivity contribution in [1.29, 1.82) is 0 Å². The van der Waals surface area contributed by atoms with E-state index in [0.29, 0.717) is 15.5 Å². The van der Waals surface area contributed by atoms with Gasteiger partial charge in [-0.05, 0) is 38.1 Å². The first-order chi connectivity index (χ1) is 7.65. The highest BCUT2D eigenvalue weighted by Gasteiger charge is 2.41. The van der Waals surface area contributed by atoms with E-state index in [0.717, 1.165) is 18.8 Å². The summed E-state index contributed by atoms with van der Waals surface area (Å²) in [6, 6.07) is 5.66. The number of anilines is 1. The minimum absolute atomic E-state index is 0.445. The van der Waals surface area contributed by atoms with Gasteiger partial charge in [-0.1, -0.05) is 23.2 Å².